The van der Waals surface area contributed by atoms with Crippen LogP contribution in [0.3, 0.4) is 0 Å². The van der Waals surface area contributed by atoms with Crippen LogP contribution < -0.4 is 5.73 Å². The Morgan fingerprint density at radius 3 is 2.67 bits per heavy atom. The van der Waals surface area contributed by atoms with Crippen molar-refractivity contribution in [2.75, 3.05) is 5.73 Å². The highest BCUT2D eigenvalue weighted by molar-refractivity contribution is 5.54. The van der Waals surface area contributed by atoms with Gasteiger partial charge in [-0.15, -0.1) is 0 Å². The molecule has 0 spiro atoms. The smallest absolute Gasteiger partial charge is 0.231 e. The normalized spacial score (nSPS) is 10.8. The van der Waals surface area contributed by atoms with Crippen molar-refractivity contribution in [3.8, 4) is 11.4 Å². The van der Waals surface area contributed by atoms with E-state index in [2.05, 4.69) is 10.1 Å². The van der Waals surface area contributed by atoms with Gasteiger partial charge in [0.2, 0.25) is 11.7 Å². The molecule has 0 aliphatic carbocycles. The average molecular weight is 287 g/mol. The zero-order valence-corrected chi connectivity index (χ0v) is 10.9. The number of anilines is 1. The van der Waals surface area contributed by atoms with Crippen LogP contribution >= 0.6 is 0 Å². The molecule has 3 aromatic rings. The number of hydrogen-bond acceptors (Lipinski definition) is 4. The second kappa shape index (κ2) is 5.32. The average Bonchev–Trinajstić information content (AvgIpc) is 2.90. The van der Waals surface area contributed by atoms with Gasteiger partial charge in [-0.1, -0.05) is 17.3 Å². The van der Waals surface area contributed by atoms with Gasteiger partial charge in [-0.3, -0.25) is 0 Å². The first-order valence-electron chi connectivity index (χ1n) is 6.24. The number of hydrogen-bond donors (Lipinski definition) is 1. The summed E-state index contributed by atoms with van der Waals surface area (Å²) in [5, 5.41) is 3.77. The molecule has 3 rings (SSSR count). The molecule has 6 heteroatoms. The van der Waals surface area contributed by atoms with Crippen LogP contribution in [0.15, 0.2) is 47.0 Å². The van der Waals surface area contributed by atoms with Crippen LogP contribution in [0.4, 0.5) is 14.5 Å². The number of halogens is 2. The molecule has 0 aliphatic heterocycles. The Labute approximate surface area is 119 Å². The number of rotatable bonds is 3. The first kappa shape index (κ1) is 13.2. The van der Waals surface area contributed by atoms with E-state index in [1.807, 2.05) is 12.1 Å². The van der Waals surface area contributed by atoms with Crippen LogP contribution in [0, 0.1) is 11.6 Å². The fourth-order valence-electron chi connectivity index (χ4n) is 1.96. The van der Waals surface area contributed by atoms with E-state index in [9.17, 15) is 8.78 Å². The maximum absolute atomic E-state index is 13.2. The summed E-state index contributed by atoms with van der Waals surface area (Å²) in [5.41, 5.74) is 7.63. The van der Waals surface area contributed by atoms with Crippen molar-refractivity contribution in [1.82, 2.24) is 10.1 Å². The highest BCUT2D eigenvalue weighted by Gasteiger charge is 2.11. The lowest BCUT2D eigenvalue weighted by Gasteiger charge is -1.98. The van der Waals surface area contributed by atoms with Gasteiger partial charge in [0, 0.05) is 11.3 Å². The molecular weight excluding hydrogens is 276 g/mol. The van der Waals surface area contributed by atoms with Crippen molar-refractivity contribution in [3.63, 3.8) is 0 Å². The van der Waals surface area contributed by atoms with Gasteiger partial charge in [0.15, 0.2) is 11.6 Å². The molecule has 0 unspecified atom stereocenters. The summed E-state index contributed by atoms with van der Waals surface area (Å²) in [5.74, 6) is -1.27. The lowest BCUT2D eigenvalue weighted by Crippen LogP contribution is -1.91. The van der Waals surface area contributed by atoms with E-state index in [1.54, 1.807) is 12.1 Å². The third kappa shape index (κ3) is 2.89. The third-order valence-corrected chi connectivity index (χ3v) is 2.95. The van der Waals surface area contributed by atoms with Crippen LogP contribution in [0.25, 0.3) is 11.4 Å². The number of nitrogens with zero attached hydrogens (tertiary/aromatic N) is 2. The Kier molecular flexibility index (Phi) is 3.35. The van der Waals surface area contributed by atoms with Gasteiger partial charge in [-0.25, -0.2) is 8.78 Å². The molecule has 4 nitrogen and oxygen atoms in total. The summed E-state index contributed by atoms with van der Waals surface area (Å²) in [6, 6.07) is 10.8. The summed E-state index contributed by atoms with van der Waals surface area (Å²) in [6.07, 6.45) is 0.418. The molecule has 0 amide bonds. The quantitative estimate of drug-likeness (QED) is 0.751. The van der Waals surface area contributed by atoms with Gasteiger partial charge in [-0.05, 0) is 35.9 Å². The van der Waals surface area contributed by atoms with Crippen LogP contribution in [-0.2, 0) is 6.42 Å². The molecule has 106 valence electrons. The minimum absolute atomic E-state index is 0.216. The van der Waals surface area contributed by atoms with E-state index >= 15 is 0 Å². The fraction of sp³-hybridized carbons (Fsp3) is 0.0667. The highest BCUT2D eigenvalue weighted by atomic mass is 19.2. The Morgan fingerprint density at radius 1 is 1.05 bits per heavy atom. The van der Waals surface area contributed by atoms with Crippen molar-refractivity contribution in [1.29, 1.82) is 0 Å². The molecule has 1 aromatic heterocycles. The number of nitrogens with two attached hydrogens (primary N) is 1. The molecule has 0 aliphatic rings. The minimum atomic E-state index is -0.949. The predicted molar refractivity (Wildman–Crippen MR) is 73.3 cm³/mol. The van der Waals surface area contributed by atoms with Gasteiger partial charge in [0.05, 0.1) is 6.42 Å². The zero-order valence-electron chi connectivity index (χ0n) is 10.9. The Bertz CT molecular complexity index is 786. The maximum Gasteiger partial charge on any atom is 0.231 e. The lowest BCUT2D eigenvalue weighted by molar-refractivity contribution is 0.385. The van der Waals surface area contributed by atoms with E-state index in [0.717, 1.165) is 17.7 Å². The molecule has 0 saturated carbocycles. The van der Waals surface area contributed by atoms with Crippen LogP contribution in [0.1, 0.15) is 11.5 Å². The standard InChI is InChI=1S/C15H11F2N3O/c16-12-5-4-10(8-13(12)17)15-19-14(21-20-15)7-9-2-1-3-11(18)6-9/h1-6,8H,7,18H2. The molecule has 2 N–H and O–H groups in total. The van der Waals surface area contributed by atoms with Crippen LogP contribution in [-0.4, -0.2) is 10.1 Å². The minimum Gasteiger partial charge on any atom is -0.399 e. The molecule has 2 aromatic carbocycles. The first-order valence-corrected chi connectivity index (χ1v) is 6.24. The number of nitrogen functional groups attached to an aromatic ring is 1. The van der Waals surface area contributed by atoms with Gasteiger partial charge in [-0.2, -0.15) is 4.98 Å². The topological polar surface area (TPSA) is 64.9 Å². The zero-order chi connectivity index (χ0) is 14.8. The van der Waals surface area contributed by atoms with Crippen LogP contribution in [0.2, 0.25) is 0 Å². The fourth-order valence-corrected chi connectivity index (χ4v) is 1.96. The third-order valence-electron chi connectivity index (χ3n) is 2.95. The van der Waals surface area contributed by atoms with E-state index in [1.165, 1.54) is 6.07 Å². The van der Waals surface area contributed by atoms with E-state index in [-0.39, 0.29) is 5.82 Å². The molecule has 0 bridgehead atoms. The summed E-state index contributed by atoms with van der Waals surface area (Å²) in [4.78, 5) is 4.17. The Balaban J connectivity index is 1.84. The summed E-state index contributed by atoms with van der Waals surface area (Å²) >= 11 is 0. The first-order chi connectivity index (χ1) is 10.1. The van der Waals surface area contributed by atoms with Gasteiger partial charge in [0.1, 0.15) is 0 Å². The SMILES string of the molecule is Nc1cccc(Cc2nc(-c3ccc(F)c(F)c3)no2)c1. The van der Waals surface area contributed by atoms with Gasteiger partial charge < -0.3 is 10.3 Å². The number of benzene rings is 2. The molecule has 0 atom stereocenters. The molecule has 0 radical (unpaired) electrons. The van der Waals surface area contributed by atoms with Gasteiger partial charge in [0.25, 0.3) is 0 Å². The van der Waals surface area contributed by atoms with Crippen molar-refractivity contribution in [2.24, 2.45) is 0 Å². The van der Waals surface area contributed by atoms with Crippen molar-refractivity contribution >= 4 is 5.69 Å². The van der Waals surface area contributed by atoms with Crippen molar-refractivity contribution < 1.29 is 13.3 Å². The predicted octanol–water partition coefficient (Wildman–Crippen LogP) is 3.19. The van der Waals surface area contributed by atoms with Crippen LogP contribution in [0.5, 0.6) is 0 Å². The second-order valence-electron chi connectivity index (χ2n) is 4.56. The van der Waals surface area contributed by atoms with Crippen molar-refractivity contribution in [2.45, 2.75) is 6.42 Å². The molecule has 21 heavy (non-hydrogen) atoms. The molecule has 1 heterocycles. The molecule has 0 saturated heterocycles. The second-order valence-corrected chi connectivity index (χ2v) is 4.56. The Morgan fingerprint density at radius 2 is 1.90 bits per heavy atom. The molecule has 0 fully saturated rings. The summed E-state index contributed by atoms with van der Waals surface area (Å²) in [6.45, 7) is 0. The van der Waals surface area contributed by atoms with Gasteiger partial charge >= 0.3 is 0 Å². The number of aromatic nitrogens is 2. The molecular formula is C15H11F2N3O. The Hall–Kier alpha value is -2.76. The van der Waals surface area contributed by atoms with E-state index in [4.69, 9.17) is 10.3 Å². The van der Waals surface area contributed by atoms with E-state index in [0.29, 0.717) is 23.6 Å². The lowest BCUT2D eigenvalue weighted by atomic mass is 10.1. The van der Waals surface area contributed by atoms with Crippen molar-refractivity contribution in [3.05, 3.63) is 65.6 Å². The largest absolute Gasteiger partial charge is 0.399 e. The van der Waals surface area contributed by atoms with E-state index < -0.39 is 11.6 Å². The summed E-state index contributed by atoms with van der Waals surface area (Å²) in [7, 11) is 0. The summed E-state index contributed by atoms with van der Waals surface area (Å²) < 4.78 is 31.2. The highest BCUT2D eigenvalue weighted by Crippen LogP contribution is 2.20. The maximum atomic E-state index is 13.2. The monoisotopic (exact) mass is 287 g/mol.